The van der Waals surface area contributed by atoms with Crippen LogP contribution in [0.3, 0.4) is 0 Å². The molecule has 0 unspecified atom stereocenters. The van der Waals surface area contributed by atoms with Crippen molar-refractivity contribution < 1.29 is 9.15 Å². The maximum Gasteiger partial charge on any atom is 0.146 e. The number of furan rings is 1. The zero-order valence-electron chi connectivity index (χ0n) is 10.3. The number of ether oxygens (including phenoxy) is 1. The highest BCUT2D eigenvalue weighted by atomic mass is 35.5. The van der Waals surface area contributed by atoms with E-state index >= 15 is 0 Å². The van der Waals surface area contributed by atoms with Crippen molar-refractivity contribution in [3.63, 3.8) is 0 Å². The molecule has 0 atom stereocenters. The van der Waals surface area contributed by atoms with Gasteiger partial charge in [0.2, 0.25) is 0 Å². The van der Waals surface area contributed by atoms with Crippen molar-refractivity contribution >= 4 is 11.6 Å². The molecule has 1 heterocycles. The molecule has 4 heteroatoms. The smallest absolute Gasteiger partial charge is 0.146 e. The Kier molecular flexibility index (Phi) is 4.67. The van der Waals surface area contributed by atoms with Crippen LogP contribution in [0.1, 0.15) is 18.4 Å². The van der Waals surface area contributed by atoms with Crippen LogP contribution in [0.2, 0.25) is 5.02 Å². The van der Waals surface area contributed by atoms with Gasteiger partial charge in [0, 0.05) is 5.02 Å². The molecular formula is C14H16ClNO2. The Bertz CT molecular complexity index is 496. The summed E-state index contributed by atoms with van der Waals surface area (Å²) < 4.78 is 11.2. The lowest BCUT2D eigenvalue weighted by molar-refractivity contribution is 0.265. The van der Waals surface area contributed by atoms with Crippen molar-refractivity contribution in [1.82, 2.24) is 5.32 Å². The van der Waals surface area contributed by atoms with Crippen LogP contribution in [0.5, 0.6) is 5.75 Å². The normalized spacial score (nSPS) is 10.6. The highest BCUT2D eigenvalue weighted by Gasteiger charge is 2.03. The van der Waals surface area contributed by atoms with E-state index in [-0.39, 0.29) is 0 Å². The predicted octanol–water partition coefficient (Wildman–Crippen LogP) is 3.62. The van der Waals surface area contributed by atoms with Crippen LogP contribution in [0, 0.1) is 0 Å². The fourth-order valence-electron chi connectivity index (χ4n) is 1.55. The van der Waals surface area contributed by atoms with Crippen molar-refractivity contribution in [1.29, 1.82) is 0 Å². The molecular weight excluding hydrogens is 250 g/mol. The number of nitrogens with one attached hydrogen (secondary N) is 1. The van der Waals surface area contributed by atoms with E-state index in [4.69, 9.17) is 20.8 Å². The molecule has 0 radical (unpaired) electrons. The van der Waals surface area contributed by atoms with Crippen LogP contribution in [0.4, 0.5) is 0 Å². The quantitative estimate of drug-likeness (QED) is 0.866. The van der Waals surface area contributed by atoms with Crippen molar-refractivity contribution in [3.8, 4) is 5.75 Å². The van der Waals surface area contributed by atoms with Crippen molar-refractivity contribution in [2.24, 2.45) is 0 Å². The molecule has 0 amide bonds. The average molecular weight is 266 g/mol. The summed E-state index contributed by atoms with van der Waals surface area (Å²) in [6, 6.07) is 11.2. The van der Waals surface area contributed by atoms with E-state index in [0.29, 0.717) is 11.6 Å². The van der Waals surface area contributed by atoms with Gasteiger partial charge in [0.25, 0.3) is 0 Å². The van der Waals surface area contributed by atoms with E-state index in [2.05, 4.69) is 12.2 Å². The molecule has 2 rings (SSSR count). The molecule has 0 aliphatic carbocycles. The topological polar surface area (TPSA) is 34.4 Å². The van der Waals surface area contributed by atoms with Crippen molar-refractivity contribution in [3.05, 3.63) is 52.9 Å². The van der Waals surface area contributed by atoms with Crippen molar-refractivity contribution in [2.45, 2.75) is 20.1 Å². The lowest BCUT2D eigenvalue weighted by atomic mass is 10.3. The van der Waals surface area contributed by atoms with E-state index < -0.39 is 0 Å². The first-order valence-electron chi connectivity index (χ1n) is 5.94. The fraction of sp³-hybridized carbons (Fsp3) is 0.286. The third-order valence-electron chi connectivity index (χ3n) is 2.44. The number of benzene rings is 1. The number of hydrogen-bond acceptors (Lipinski definition) is 3. The molecule has 0 bridgehead atoms. The fourth-order valence-corrected chi connectivity index (χ4v) is 1.73. The highest BCUT2D eigenvalue weighted by Crippen LogP contribution is 2.19. The first kappa shape index (κ1) is 13.0. The molecule has 0 spiro atoms. The van der Waals surface area contributed by atoms with Crippen LogP contribution in [-0.4, -0.2) is 6.54 Å². The Morgan fingerprint density at radius 1 is 1.22 bits per heavy atom. The third kappa shape index (κ3) is 3.79. The Labute approximate surface area is 112 Å². The predicted molar refractivity (Wildman–Crippen MR) is 71.9 cm³/mol. The molecule has 0 fully saturated rings. The van der Waals surface area contributed by atoms with E-state index in [0.717, 1.165) is 30.4 Å². The monoisotopic (exact) mass is 265 g/mol. The van der Waals surface area contributed by atoms with Crippen LogP contribution >= 0.6 is 11.6 Å². The van der Waals surface area contributed by atoms with Gasteiger partial charge in [0.1, 0.15) is 23.9 Å². The second-order valence-electron chi connectivity index (χ2n) is 3.89. The van der Waals surface area contributed by atoms with Crippen LogP contribution < -0.4 is 10.1 Å². The van der Waals surface area contributed by atoms with Crippen LogP contribution in [0.25, 0.3) is 0 Å². The van der Waals surface area contributed by atoms with E-state index in [1.165, 1.54) is 0 Å². The second-order valence-corrected chi connectivity index (χ2v) is 4.33. The van der Waals surface area contributed by atoms with Crippen LogP contribution in [0.15, 0.2) is 40.8 Å². The molecule has 2 aromatic rings. The molecule has 0 aliphatic rings. The molecule has 1 N–H and O–H groups in total. The first-order valence-corrected chi connectivity index (χ1v) is 6.32. The molecule has 96 valence electrons. The molecule has 0 saturated heterocycles. The summed E-state index contributed by atoms with van der Waals surface area (Å²) in [6.45, 7) is 4.14. The zero-order valence-corrected chi connectivity index (χ0v) is 11.0. The molecule has 18 heavy (non-hydrogen) atoms. The largest absolute Gasteiger partial charge is 0.486 e. The van der Waals surface area contributed by atoms with Gasteiger partial charge in [-0.1, -0.05) is 24.6 Å². The van der Waals surface area contributed by atoms with E-state index in [9.17, 15) is 0 Å². The molecule has 0 aliphatic heterocycles. The van der Waals surface area contributed by atoms with Gasteiger partial charge < -0.3 is 14.5 Å². The van der Waals surface area contributed by atoms with Crippen molar-refractivity contribution in [2.75, 3.05) is 6.54 Å². The minimum Gasteiger partial charge on any atom is -0.486 e. The van der Waals surface area contributed by atoms with Gasteiger partial charge in [0.15, 0.2) is 0 Å². The minimum absolute atomic E-state index is 0.409. The minimum atomic E-state index is 0.409. The number of hydrogen-bond donors (Lipinski definition) is 1. The lowest BCUT2D eigenvalue weighted by Crippen LogP contribution is -2.10. The summed E-state index contributed by atoms with van der Waals surface area (Å²) in [4.78, 5) is 0. The van der Waals surface area contributed by atoms with Gasteiger partial charge in [-0.15, -0.1) is 0 Å². The molecule has 0 saturated carbocycles. The van der Waals surface area contributed by atoms with Gasteiger partial charge in [0.05, 0.1) is 6.54 Å². The SMILES string of the molecule is CCNCc1ccc(COc2cccc(Cl)c2)o1. The summed E-state index contributed by atoms with van der Waals surface area (Å²) in [7, 11) is 0. The van der Waals surface area contributed by atoms with Crippen LogP contribution in [-0.2, 0) is 13.2 Å². The lowest BCUT2D eigenvalue weighted by Gasteiger charge is -2.04. The summed E-state index contributed by atoms with van der Waals surface area (Å²) in [5.74, 6) is 2.47. The Morgan fingerprint density at radius 3 is 2.83 bits per heavy atom. The summed E-state index contributed by atoms with van der Waals surface area (Å²) in [5, 5.41) is 3.87. The molecule has 3 nitrogen and oxygen atoms in total. The maximum atomic E-state index is 5.88. The van der Waals surface area contributed by atoms with Gasteiger partial charge in [-0.05, 0) is 36.9 Å². The van der Waals surface area contributed by atoms with Gasteiger partial charge in [-0.2, -0.15) is 0 Å². The highest BCUT2D eigenvalue weighted by molar-refractivity contribution is 6.30. The average Bonchev–Trinajstić information content (AvgIpc) is 2.82. The van der Waals surface area contributed by atoms with Gasteiger partial charge in [-0.25, -0.2) is 0 Å². The Balaban J connectivity index is 1.88. The molecule has 1 aromatic heterocycles. The Morgan fingerprint density at radius 2 is 2.06 bits per heavy atom. The third-order valence-corrected chi connectivity index (χ3v) is 2.68. The van der Waals surface area contributed by atoms with E-state index in [1.807, 2.05) is 30.3 Å². The number of rotatable bonds is 6. The standard InChI is InChI=1S/C14H16ClNO2/c1-2-16-9-13-6-7-14(18-13)10-17-12-5-3-4-11(15)8-12/h3-8,16H,2,9-10H2,1H3. The number of halogens is 1. The summed E-state index contributed by atoms with van der Waals surface area (Å²) >= 11 is 5.88. The van der Waals surface area contributed by atoms with Gasteiger partial charge in [-0.3, -0.25) is 0 Å². The summed E-state index contributed by atoms with van der Waals surface area (Å²) in [5.41, 5.74) is 0. The van der Waals surface area contributed by atoms with E-state index in [1.54, 1.807) is 6.07 Å². The molecule has 1 aromatic carbocycles. The zero-order chi connectivity index (χ0) is 12.8. The second kappa shape index (κ2) is 6.47. The summed E-state index contributed by atoms with van der Waals surface area (Å²) in [6.07, 6.45) is 0. The first-order chi connectivity index (χ1) is 8.78. The Hall–Kier alpha value is -1.45. The maximum absolute atomic E-state index is 5.88. The van der Waals surface area contributed by atoms with Gasteiger partial charge >= 0.3 is 0 Å².